The highest BCUT2D eigenvalue weighted by atomic mass is 35.5. The van der Waals surface area contributed by atoms with Gasteiger partial charge in [-0.2, -0.15) is 5.10 Å². The Balaban J connectivity index is 1.59. The van der Waals surface area contributed by atoms with E-state index in [9.17, 15) is 0 Å². The Hall–Kier alpha value is -3.04. The number of halogens is 1. The average Bonchev–Trinajstić information content (AvgIpc) is 3.34. The first kappa shape index (κ1) is 17.1. The number of fused-ring (bicyclic) bond motifs is 1. The summed E-state index contributed by atoms with van der Waals surface area (Å²) in [6.07, 6.45) is 0.977. The van der Waals surface area contributed by atoms with Crippen LogP contribution in [0, 0.1) is 6.92 Å². The summed E-state index contributed by atoms with van der Waals surface area (Å²) in [6.45, 7) is 2.97. The van der Waals surface area contributed by atoms with Gasteiger partial charge in [0, 0.05) is 22.7 Å². The Bertz CT molecular complexity index is 1140. The molecule has 1 N–H and O–H groups in total. The summed E-state index contributed by atoms with van der Waals surface area (Å²) in [7, 11) is 0. The van der Waals surface area contributed by atoms with Gasteiger partial charge in [0.2, 0.25) is 0 Å². The lowest BCUT2D eigenvalue weighted by molar-refractivity contribution is 0.875. The molecular formula is C24H20ClN3. The van der Waals surface area contributed by atoms with Crippen LogP contribution in [-0.4, -0.2) is 16.3 Å². The molecule has 0 fully saturated rings. The van der Waals surface area contributed by atoms with Crippen molar-refractivity contribution in [2.75, 3.05) is 11.9 Å². The van der Waals surface area contributed by atoms with Gasteiger partial charge in [0.15, 0.2) is 0 Å². The maximum absolute atomic E-state index is 6.35. The molecule has 1 aliphatic heterocycles. The van der Waals surface area contributed by atoms with Crippen molar-refractivity contribution in [3.05, 3.63) is 88.9 Å². The van der Waals surface area contributed by atoms with E-state index in [-0.39, 0.29) is 0 Å². The van der Waals surface area contributed by atoms with Crippen LogP contribution in [0.2, 0.25) is 5.02 Å². The van der Waals surface area contributed by atoms with Crippen LogP contribution >= 0.6 is 11.6 Å². The van der Waals surface area contributed by atoms with E-state index in [2.05, 4.69) is 59.9 Å². The Labute approximate surface area is 169 Å². The lowest BCUT2D eigenvalue weighted by Crippen LogP contribution is -2.05. The van der Waals surface area contributed by atoms with Crippen molar-refractivity contribution in [2.45, 2.75) is 13.3 Å². The second-order valence-corrected chi connectivity index (χ2v) is 7.50. The molecule has 0 unspecified atom stereocenters. The number of aromatic nitrogens is 2. The maximum Gasteiger partial charge on any atom is 0.133 e. The van der Waals surface area contributed by atoms with Crippen LogP contribution in [0.25, 0.3) is 28.1 Å². The zero-order chi connectivity index (χ0) is 19.1. The molecule has 4 aromatic rings. The highest BCUT2D eigenvalue weighted by molar-refractivity contribution is 6.31. The van der Waals surface area contributed by atoms with Gasteiger partial charge in [-0.25, -0.2) is 4.68 Å². The first-order valence-corrected chi connectivity index (χ1v) is 9.87. The summed E-state index contributed by atoms with van der Waals surface area (Å²) in [4.78, 5) is 0. The zero-order valence-electron chi connectivity index (χ0n) is 15.6. The van der Waals surface area contributed by atoms with Crippen LogP contribution in [0.15, 0.2) is 72.8 Å². The predicted octanol–water partition coefficient (Wildman–Crippen LogP) is 6.14. The van der Waals surface area contributed by atoms with Gasteiger partial charge >= 0.3 is 0 Å². The predicted molar refractivity (Wildman–Crippen MR) is 116 cm³/mol. The van der Waals surface area contributed by atoms with E-state index in [0.29, 0.717) is 0 Å². The van der Waals surface area contributed by atoms with Crippen molar-refractivity contribution < 1.29 is 0 Å². The molecule has 0 saturated heterocycles. The summed E-state index contributed by atoms with van der Waals surface area (Å²) in [6, 6.07) is 25.1. The van der Waals surface area contributed by atoms with Crippen molar-refractivity contribution in [1.82, 2.24) is 9.78 Å². The number of benzene rings is 3. The Kier molecular flexibility index (Phi) is 4.18. The van der Waals surface area contributed by atoms with Gasteiger partial charge in [0.05, 0.1) is 11.4 Å². The van der Waals surface area contributed by atoms with Gasteiger partial charge in [-0.1, -0.05) is 72.3 Å². The van der Waals surface area contributed by atoms with E-state index in [1.165, 1.54) is 16.7 Å². The van der Waals surface area contributed by atoms with Gasteiger partial charge in [-0.3, -0.25) is 0 Å². The topological polar surface area (TPSA) is 29.9 Å². The molecule has 0 spiro atoms. The van der Waals surface area contributed by atoms with Crippen molar-refractivity contribution in [3.63, 3.8) is 0 Å². The summed E-state index contributed by atoms with van der Waals surface area (Å²) in [5.41, 5.74) is 7.94. The Morgan fingerprint density at radius 1 is 0.857 bits per heavy atom. The third-order valence-corrected chi connectivity index (χ3v) is 5.79. The average molecular weight is 386 g/mol. The Morgan fingerprint density at radius 2 is 1.57 bits per heavy atom. The minimum atomic E-state index is 0.758. The van der Waals surface area contributed by atoms with Crippen LogP contribution in [0.5, 0.6) is 0 Å². The first-order chi connectivity index (χ1) is 13.7. The van der Waals surface area contributed by atoms with Crippen LogP contribution in [0.3, 0.4) is 0 Å². The quantitative estimate of drug-likeness (QED) is 0.459. The van der Waals surface area contributed by atoms with Gasteiger partial charge < -0.3 is 5.32 Å². The van der Waals surface area contributed by atoms with Gasteiger partial charge in [0.25, 0.3) is 0 Å². The highest BCUT2D eigenvalue weighted by Crippen LogP contribution is 2.36. The fourth-order valence-corrected chi connectivity index (χ4v) is 4.03. The molecule has 1 aromatic heterocycles. The molecule has 0 radical (unpaired) electrons. The standard InChI is InChI=1S/C24H20ClN3/c1-16-21(25)8-5-9-22(16)28-24-20(14-15-26-24)23(27-28)19-12-10-18(11-13-19)17-6-3-2-4-7-17/h2-13,26H,14-15H2,1H3. The van der Waals surface area contributed by atoms with Crippen molar-refractivity contribution in [1.29, 1.82) is 0 Å². The fourth-order valence-electron chi connectivity index (χ4n) is 3.86. The maximum atomic E-state index is 6.35. The third-order valence-electron chi connectivity index (χ3n) is 5.38. The largest absolute Gasteiger partial charge is 0.369 e. The van der Waals surface area contributed by atoms with E-state index in [0.717, 1.165) is 46.3 Å². The van der Waals surface area contributed by atoms with Crippen molar-refractivity contribution >= 4 is 17.4 Å². The minimum Gasteiger partial charge on any atom is -0.369 e. The first-order valence-electron chi connectivity index (χ1n) is 9.49. The van der Waals surface area contributed by atoms with E-state index in [1.54, 1.807) is 0 Å². The summed E-state index contributed by atoms with van der Waals surface area (Å²) in [5.74, 6) is 1.08. The van der Waals surface area contributed by atoms with Crippen LogP contribution in [0.1, 0.15) is 11.1 Å². The number of nitrogens with one attached hydrogen (secondary N) is 1. The van der Waals surface area contributed by atoms with Crippen LogP contribution in [0.4, 0.5) is 5.82 Å². The normalized spacial score (nSPS) is 12.6. The van der Waals surface area contributed by atoms with Crippen molar-refractivity contribution in [3.8, 4) is 28.1 Å². The van der Waals surface area contributed by atoms with Gasteiger partial charge in [-0.15, -0.1) is 0 Å². The lowest BCUT2D eigenvalue weighted by atomic mass is 10.0. The van der Waals surface area contributed by atoms with E-state index in [1.807, 2.05) is 29.8 Å². The van der Waals surface area contributed by atoms with Crippen molar-refractivity contribution in [2.24, 2.45) is 0 Å². The fraction of sp³-hybridized carbons (Fsp3) is 0.125. The monoisotopic (exact) mass is 385 g/mol. The molecule has 1 aliphatic rings. The van der Waals surface area contributed by atoms with Gasteiger partial charge in [-0.05, 0) is 42.2 Å². The molecule has 2 heterocycles. The van der Waals surface area contributed by atoms with Crippen LogP contribution in [-0.2, 0) is 6.42 Å². The molecular weight excluding hydrogens is 366 g/mol. The molecule has 0 atom stereocenters. The van der Waals surface area contributed by atoms with Crippen LogP contribution < -0.4 is 5.32 Å². The SMILES string of the molecule is Cc1c(Cl)cccc1-n1nc(-c2ccc(-c3ccccc3)cc2)c2c1NCC2. The summed E-state index contributed by atoms with van der Waals surface area (Å²) < 4.78 is 2.00. The second-order valence-electron chi connectivity index (χ2n) is 7.09. The Morgan fingerprint density at radius 3 is 2.36 bits per heavy atom. The molecule has 0 amide bonds. The molecule has 3 aromatic carbocycles. The number of anilines is 1. The molecule has 3 nitrogen and oxygen atoms in total. The second kappa shape index (κ2) is 6.84. The van der Waals surface area contributed by atoms with E-state index >= 15 is 0 Å². The lowest BCUT2D eigenvalue weighted by Gasteiger charge is -2.10. The third kappa shape index (κ3) is 2.79. The highest BCUT2D eigenvalue weighted by Gasteiger charge is 2.24. The molecule has 0 saturated carbocycles. The minimum absolute atomic E-state index is 0.758. The van der Waals surface area contributed by atoms with E-state index < -0.39 is 0 Å². The number of hydrogen-bond donors (Lipinski definition) is 1. The smallest absolute Gasteiger partial charge is 0.133 e. The molecule has 28 heavy (non-hydrogen) atoms. The molecule has 0 bridgehead atoms. The van der Waals surface area contributed by atoms with E-state index in [4.69, 9.17) is 16.7 Å². The summed E-state index contributed by atoms with van der Waals surface area (Å²) in [5, 5.41) is 9.23. The molecule has 5 rings (SSSR count). The molecule has 0 aliphatic carbocycles. The molecule has 138 valence electrons. The van der Waals surface area contributed by atoms with Gasteiger partial charge in [0.1, 0.15) is 5.82 Å². The zero-order valence-corrected chi connectivity index (χ0v) is 16.4. The number of rotatable bonds is 3. The number of nitrogens with zero attached hydrogens (tertiary/aromatic N) is 2. The number of hydrogen-bond acceptors (Lipinski definition) is 2. The molecule has 4 heteroatoms. The summed E-state index contributed by atoms with van der Waals surface area (Å²) >= 11 is 6.35.